The lowest BCUT2D eigenvalue weighted by Gasteiger charge is -2.08. The lowest BCUT2D eigenvalue weighted by Crippen LogP contribution is -2.04. The van der Waals surface area contributed by atoms with Crippen LogP contribution in [0.15, 0.2) is 52.3 Å². The second kappa shape index (κ2) is 6.48. The van der Waals surface area contributed by atoms with Gasteiger partial charge in [0.1, 0.15) is 0 Å². The molecule has 0 aliphatic carbocycles. The lowest BCUT2D eigenvalue weighted by atomic mass is 10.2. The zero-order valence-electron chi connectivity index (χ0n) is 9.91. The predicted octanol–water partition coefficient (Wildman–Crippen LogP) is 4.86. The molecule has 0 saturated heterocycles. The van der Waals surface area contributed by atoms with Crippen molar-refractivity contribution < 1.29 is 0 Å². The van der Waals surface area contributed by atoms with E-state index in [0.29, 0.717) is 0 Å². The Bertz CT molecular complexity index is 543. The first-order valence-corrected chi connectivity index (χ1v) is 7.13. The molecule has 0 radical (unpaired) electrons. The van der Waals surface area contributed by atoms with Crippen molar-refractivity contribution in [3.63, 3.8) is 0 Å². The first-order chi connectivity index (χ1) is 8.70. The van der Waals surface area contributed by atoms with Gasteiger partial charge in [0.15, 0.2) is 0 Å². The molecule has 18 heavy (non-hydrogen) atoms. The van der Waals surface area contributed by atoms with E-state index in [4.69, 9.17) is 23.2 Å². The molecule has 2 aromatic rings. The molecule has 1 N–H and O–H groups in total. The molecule has 0 fully saturated rings. The molecule has 94 valence electrons. The molecule has 0 heterocycles. The van der Waals surface area contributed by atoms with E-state index < -0.39 is 0 Å². The van der Waals surface area contributed by atoms with Gasteiger partial charge in [0.2, 0.25) is 0 Å². The van der Waals surface area contributed by atoms with Crippen LogP contribution in [0.5, 0.6) is 0 Å². The predicted molar refractivity (Wildman–Crippen MR) is 79.8 cm³/mol. The van der Waals surface area contributed by atoms with E-state index in [1.165, 1.54) is 5.56 Å². The highest BCUT2D eigenvalue weighted by atomic mass is 35.5. The summed E-state index contributed by atoms with van der Waals surface area (Å²) < 4.78 is 0. The van der Waals surface area contributed by atoms with Crippen LogP contribution in [0, 0.1) is 0 Å². The molecule has 0 aliphatic rings. The molecule has 0 spiro atoms. The highest BCUT2D eigenvalue weighted by Gasteiger charge is 2.06. The van der Waals surface area contributed by atoms with Gasteiger partial charge in [0.25, 0.3) is 0 Å². The van der Waals surface area contributed by atoms with Crippen molar-refractivity contribution in [2.24, 2.45) is 0 Å². The standard InChI is InChI=1S/C14H13Cl2NS/c1-17-9-10-6-7-14(12(16)8-10)18-13-5-3-2-4-11(13)15/h2-8,17H,9H2,1H3. The van der Waals surface area contributed by atoms with Gasteiger partial charge in [-0.2, -0.15) is 0 Å². The third-order valence-corrected chi connectivity index (χ3v) is 4.45. The third-order valence-electron chi connectivity index (χ3n) is 2.43. The van der Waals surface area contributed by atoms with Gasteiger partial charge in [0, 0.05) is 16.3 Å². The second-order valence-corrected chi connectivity index (χ2v) is 5.73. The van der Waals surface area contributed by atoms with E-state index in [-0.39, 0.29) is 0 Å². The monoisotopic (exact) mass is 297 g/mol. The largest absolute Gasteiger partial charge is 0.316 e. The first-order valence-electron chi connectivity index (χ1n) is 5.56. The number of hydrogen-bond acceptors (Lipinski definition) is 2. The fourth-order valence-corrected chi connectivity index (χ4v) is 3.00. The Morgan fingerprint density at radius 1 is 1.00 bits per heavy atom. The Hall–Kier alpha value is -0.670. The Morgan fingerprint density at radius 3 is 2.39 bits per heavy atom. The van der Waals surface area contributed by atoms with Crippen LogP contribution in [0.4, 0.5) is 0 Å². The summed E-state index contributed by atoms with van der Waals surface area (Å²) in [4.78, 5) is 2.03. The zero-order valence-corrected chi connectivity index (χ0v) is 12.2. The molecule has 4 heteroatoms. The van der Waals surface area contributed by atoms with Crippen molar-refractivity contribution in [3.8, 4) is 0 Å². The van der Waals surface area contributed by atoms with Crippen LogP contribution in [0.3, 0.4) is 0 Å². The summed E-state index contributed by atoms with van der Waals surface area (Å²) in [5, 5.41) is 4.61. The molecule has 0 aliphatic heterocycles. The molecule has 0 saturated carbocycles. The molecule has 2 aromatic carbocycles. The van der Waals surface area contributed by atoms with Crippen molar-refractivity contribution >= 4 is 35.0 Å². The summed E-state index contributed by atoms with van der Waals surface area (Å²) in [7, 11) is 1.92. The Labute approximate surface area is 121 Å². The summed E-state index contributed by atoms with van der Waals surface area (Å²) in [5.41, 5.74) is 1.17. The summed E-state index contributed by atoms with van der Waals surface area (Å²) in [6.07, 6.45) is 0. The smallest absolute Gasteiger partial charge is 0.0548 e. The lowest BCUT2D eigenvalue weighted by molar-refractivity contribution is 0.817. The highest BCUT2D eigenvalue weighted by molar-refractivity contribution is 7.99. The SMILES string of the molecule is CNCc1ccc(Sc2ccccc2Cl)c(Cl)c1. The fraction of sp³-hybridized carbons (Fsp3) is 0.143. The average Bonchev–Trinajstić information content (AvgIpc) is 2.35. The maximum Gasteiger partial charge on any atom is 0.0548 e. The molecule has 0 atom stereocenters. The molecule has 0 bridgehead atoms. The number of nitrogens with one attached hydrogen (secondary N) is 1. The average molecular weight is 298 g/mol. The number of halogens is 2. The summed E-state index contributed by atoms with van der Waals surface area (Å²) in [5.74, 6) is 0. The van der Waals surface area contributed by atoms with E-state index in [1.54, 1.807) is 11.8 Å². The van der Waals surface area contributed by atoms with Crippen molar-refractivity contribution in [2.45, 2.75) is 16.3 Å². The van der Waals surface area contributed by atoms with Crippen molar-refractivity contribution in [3.05, 3.63) is 58.1 Å². The minimum atomic E-state index is 0.748. The molecule has 1 nitrogen and oxygen atoms in total. The van der Waals surface area contributed by atoms with E-state index in [1.807, 2.05) is 43.4 Å². The van der Waals surface area contributed by atoms with Crippen LogP contribution in [-0.2, 0) is 6.54 Å². The zero-order chi connectivity index (χ0) is 13.0. The van der Waals surface area contributed by atoms with Crippen LogP contribution in [0.2, 0.25) is 10.0 Å². The topological polar surface area (TPSA) is 12.0 Å². The van der Waals surface area contributed by atoms with Crippen LogP contribution in [-0.4, -0.2) is 7.05 Å². The van der Waals surface area contributed by atoms with Crippen molar-refractivity contribution in [2.75, 3.05) is 7.05 Å². The minimum Gasteiger partial charge on any atom is -0.316 e. The maximum atomic E-state index is 6.28. The van der Waals surface area contributed by atoms with Gasteiger partial charge < -0.3 is 5.32 Å². The molecule has 0 amide bonds. The second-order valence-electron chi connectivity index (χ2n) is 3.83. The van der Waals surface area contributed by atoms with Gasteiger partial charge in [-0.05, 0) is 36.9 Å². The van der Waals surface area contributed by atoms with Gasteiger partial charge in [-0.25, -0.2) is 0 Å². The van der Waals surface area contributed by atoms with Crippen molar-refractivity contribution in [1.29, 1.82) is 0 Å². The van der Waals surface area contributed by atoms with Gasteiger partial charge in [-0.1, -0.05) is 53.2 Å². The fourth-order valence-electron chi connectivity index (χ4n) is 1.59. The summed E-state index contributed by atoms with van der Waals surface area (Å²) in [6.45, 7) is 0.816. The van der Waals surface area contributed by atoms with Crippen LogP contribution >= 0.6 is 35.0 Å². The van der Waals surface area contributed by atoms with E-state index in [2.05, 4.69) is 11.4 Å². The van der Waals surface area contributed by atoms with Gasteiger partial charge in [-0.15, -0.1) is 0 Å². The summed E-state index contributed by atoms with van der Waals surface area (Å²) in [6, 6.07) is 13.8. The highest BCUT2D eigenvalue weighted by Crippen LogP contribution is 2.37. The molecule has 0 aromatic heterocycles. The molecule has 0 unspecified atom stereocenters. The van der Waals surface area contributed by atoms with Crippen molar-refractivity contribution in [1.82, 2.24) is 5.32 Å². The normalized spacial score (nSPS) is 10.6. The Kier molecular flexibility index (Phi) is 4.95. The number of benzene rings is 2. The van der Waals surface area contributed by atoms with Crippen LogP contribution in [0.25, 0.3) is 0 Å². The van der Waals surface area contributed by atoms with Crippen LogP contribution < -0.4 is 5.32 Å². The van der Waals surface area contributed by atoms with Crippen LogP contribution in [0.1, 0.15) is 5.56 Å². The van der Waals surface area contributed by atoms with Gasteiger partial charge in [0.05, 0.1) is 10.0 Å². The maximum absolute atomic E-state index is 6.28. The van der Waals surface area contributed by atoms with Gasteiger partial charge >= 0.3 is 0 Å². The molecular weight excluding hydrogens is 285 g/mol. The van der Waals surface area contributed by atoms with Gasteiger partial charge in [-0.3, -0.25) is 0 Å². The molecular formula is C14H13Cl2NS. The third kappa shape index (κ3) is 3.42. The first kappa shape index (κ1) is 13.8. The number of hydrogen-bond donors (Lipinski definition) is 1. The summed E-state index contributed by atoms with van der Waals surface area (Å²) >= 11 is 14.0. The Balaban J connectivity index is 2.22. The van der Waals surface area contributed by atoms with E-state index in [0.717, 1.165) is 26.4 Å². The Morgan fingerprint density at radius 2 is 1.72 bits per heavy atom. The molecule has 2 rings (SSSR count). The number of rotatable bonds is 4. The minimum absolute atomic E-state index is 0.748. The van der Waals surface area contributed by atoms with E-state index in [9.17, 15) is 0 Å². The quantitative estimate of drug-likeness (QED) is 0.864. The van der Waals surface area contributed by atoms with E-state index >= 15 is 0 Å².